The van der Waals surface area contributed by atoms with Crippen LogP contribution in [0.2, 0.25) is 0 Å². The topological polar surface area (TPSA) is 78.9 Å². The third-order valence-electron chi connectivity index (χ3n) is 15.2. The SMILES string of the molecule is CC/C=C\C/C=C\C/C=C\C/C=C\CCCCCCCCCCCCCCCCC(=O)OCC(COC(=O)CCCCCCC/C=C\CCC)OC(=O)CCCCCCCCCCCCCCCCCCCCCCCCC. The van der Waals surface area contributed by atoms with Crippen molar-refractivity contribution in [3.8, 4) is 0 Å². The molecule has 1 atom stereocenters. The molecule has 0 saturated heterocycles. The molecule has 0 saturated carbocycles. The number of allylic oxidation sites excluding steroid dienone is 10. The Bertz CT molecular complexity index is 1390. The Morgan fingerprint density at radius 2 is 0.526 bits per heavy atom. The predicted molar refractivity (Wildman–Crippen MR) is 339 cm³/mol. The van der Waals surface area contributed by atoms with Crippen molar-refractivity contribution < 1.29 is 28.6 Å². The molecule has 0 aromatic carbocycles. The highest BCUT2D eigenvalue weighted by atomic mass is 16.6. The first-order valence-corrected chi connectivity index (χ1v) is 34.3. The minimum Gasteiger partial charge on any atom is -0.462 e. The lowest BCUT2D eigenvalue weighted by molar-refractivity contribution is -0.167. The van der Waals surface area contributed by atoms with Crippen LogP contribution >= 0.6 is 0 Å². The van der Waals surface area contributed by atoms with Gasteiger partial charge in [0.1, 0.15) is 13.2 Å². The molecule has 0 spiro atoms. The van der Waals surface area contributed by atoms with E-state index < -0.39 is 6.10 Å². The van der Waals surface area contributed by atoms with E-state index in [1.807, 2.05) is 0 Å². The van der Waals surface area contributed by atoms with E-state index in [2.05, 4.69) is 81.5 Å². The second-order valence-corrected chi connectivity index (χ2v) is 23.1. The molecular formula is C72H130O6. The number of ether oxygens (including phenoxy) is 3. The lowest BCUT2D eigenvalue weighted by Gasteiger charge is -2.18. The average molecular weight is 1090 g/mol. The molecule has 6 heteroatoms. The van der Waals surface area contributed by atoms with E-state index in [0.717, 1.165) is 96.3 Å². The molecule has 78 heavy (non-hydrogen) atoms. The zero-order chi connectivity index (χ0) is 56.4. The predicted octanol–water partition coefficient (Wildman–Crippen LogP) is 23.5. The fraction of sp³-hybridized carbons (Fsp3) is 0.819. The van der Waals surface area contributed by atoms with Crippen LogP contribution in [0.15, 0.2) is 60.8 Å². The highest BCUT2D eigenvalue weighted by molar-refractivity contribution is 5.71. The van der Waals surface area contributed by atoms with Gasteiger partial charge in [-0.3, -0.25) is 14.4 Å². The molecular weight excluding hydrogens is 961 g/mol. The fourth-order valence-electron chi connectivity index (χ4n) is 10.1. The summed E-state index contributed by atoms with van der Waals surface area (Å²) in [4.78, 5) is 38.3. The summed E-state index contributed by atoms with van der Waals surface area (Å²) >= 11 is 0. The second kappa shape index (κ2) is 66.6. The van der Waals surface area contributed by atoms with Gasteiger partial charge in [0.2, 0.25) is 0 Å². The summed E-state index contributed by atoms with van der Waals surface area (Å²) in [6, 6.07) is 0. The molecule has 0 radical (unpaired) electrons. The van der Waals surface area contributed by atoms with Gasteiger partial charge in [-0.25, -0.2) is 0 Å². The minimum atomic E-state index is -0.775. The maximum absolute atomic E-state index is 12.9. The zero-order valence-electron chi connectivity index (χ0n) is 52.2. The molecule has 6 nitrogen and oxygen atoms in total. The molecule has 0 aliphatic heterocycles. The second-order valence-electron chi connectivity index (χ2n) is 23.1. The molecule has 0 aliphatic rings. The van der Waals surface area contributed by atoms with Crippen LogP contribution in [0.5, 0.6) is 0 Å². The molecule has 0 aromatic rings. The van der Waals surface area contributed by atoms with Gasteiger partial charge in [-0.05, 0) is 77.0 Å². The number of esters is 3. The number of hydrogen-bond acceptors (Lipinski definition) is 6. The highest BCUT2D eigenvalue weighted by Gasteiger charge is 2.19. The van der Waals surface area contributed by atoms with Gasteiger partial charge in [0.05, 0.1) is 0 Å². The molecule has 0 fully saturated rings. The van der Waals surface area contributed by atoms with Crippen molar-refractivity contribution in [2.45, 2.75) is 367 Å². The van der Waals surface area contributed by atoms with Crippen LogP contribution in [0.4, 0.5) is 0 Å². The number of hydrogen-bond donors (Lipinski definition) is 0. The summed E-state index contributed by atoms with van der Waals surface area (Å²) in [5, 5.41) is 0. The maximum Gasteiger partial charge on any atom is 0.306 e. The van der Waals surface area contributed by atoms with E-state index in [4.69, 9.17) is 14.2 Å². The number of carbonyl (C=O) groups excluding carboxylic acids is 3. The van der Waals surface area contributed by atoms with E-state index in [1.54, 1.807) is 0 Å². The van der Waals surface area contributed by atoms with Crippen LogP contribution < -0.4 is 0 Å². The van der Waals surface area contributed by atoms with Crippen molar-refractivity contribution in [1.82, 2.24) is 0 Å². The van der Waals surface area contributed by atoms with Crippen LogP contribution in [0.3, 0.4) is 0 Å². The summed E-state index contributed by atoms with van der Waals surface area (Å²) in [6.07, 6.45) is 85.4. The smallest absolute Gasteiger partial charge is 0.306 e. The van der Waals surface area contributed by atoms with Crippen LogP contribution in [-0.4, -0.2) is 37.2 Å². The summed E-state index contributed by atoms with van der Waals surface area (Å²) in [6.45, 7) is 6.52. The Labute approximate surface area is 485 Å². The normalized spacial score (nSPS) is 12.4. The van der Waals surface area contributed by atoms with Crippen molar-refractivity contribution in [3.05, 3.63) is 60.8 Å². The molecule has 454 valence electrons. The Kier molecular flexibility index (Phi) is 64.2. The molecule has 0 N–H and O–H groups in total. The van der Waals surface area contributed by atoms with Gasteiger partial charge in [0.15, 0.2) is 6.10 Å². The third-order valence-corrected chi connectivity index (χ3v) is 15.2. The van der Waals surface area contributed by atoms with E-state index in [0.29, 0.717) is 19.3 Å². The molecule has 0 heterocycles. The largest absolute Gasteiger partial charge is 0.462 e. The number of carbonyl (C=O) groups is 3. The van der Waals surface area contributed by atoms with Crippen molar-refractivity contribution in [3.63, 3.8) is 0 Å². The molecule has 0 aromatic heterocycles. The van der Waals surface area contributed by atoms with Crippen LogP contribution in [0.1, 0.15) is 361 Å². The van der Waals surface area contributed by atoms with Crippen molar-refractivity contribution in [2.24, 2.45) is 0 Å². The monoisotopic (exact) mass is 1090 g/mol. The first-order chi connectivity index (χ1) is 38.5. The van der Waals surface area contributed by atoms with Crippen LogP contribution in [0, 0.1) is 0 Å². The molecule has 0 bridgehead atoms. The minimum absolute atomic E-state index is 0.0728. The lowest BCUT2D eigenvalue weighted by atomic mass is 10.0. The first-order valence-electron chi connectivity index (χ1n) is 34.3. The number of rotatable bonds is 63. The Morgan fingerprint density at radius 3 is 0.846 bits per heavy atom. The van der Waals surface area contributed by atoms with Gasteiger partial charge in [-0.15, -0.1) is 0 Å². The number of unbranched alkanes of at least 4 members (excludes halogenated alkanes) is 42. The maximum atomic E-state index is 12.9. The van der Waals surface area contributed by atoms with Gasteiger partial charge in [-0.1, -0.05) is 326 Å². The third kappa shape index (κ3) is 63.9. The molecule has 0 amide bonds. The van der Waals surface area contributed by atoms with Crippen molar-refractivity contribution in [2.75, 3.05) is 13.2 Å². The van der Waals surface area contributed by atoms with Crippen molar-refractivity contribution >= 4 is 17.9 Å². The van der Waals surface area contributed by atoms with Crippen LogP contribution in [0.25, 0.3) is 0 Å². The van der Waals surface area contributed by atoms with Crippen molar-refractivity contribution in [1.29, 1.82) is 0 Å². The Morgan fingerprint density at radius 1 is 0.269 bits per heavy atom. The van der Waals surface area contributed by atoms with Gasteiger partial charge in [-0.2, -0.15) is 0 Å². The summed E-state index contributed by atoms with van der Waals surface area (Å²) in [7, 11) is 0. The van der Waals surface area contributed by atoms with E-state index in [1.165, 1.54) is 225 Å². The fourth-order valence-corrected chi connectivity index (χ4v) is 10.1. The molecule has 0 aliphatic carbocycles. The Balaban J connectivity index is 4.16. The molecule has 0 rings (SSSR count). The summed E-state index contributed by atoms with van der Waals surface area (Å²) in [5.41, 5.74) is 0. The standard InChI is InChI=1S/C72H130O6/c1-4-7-10-13-16-19-22-24-26-28-30-32-34-35-36-37-39-40-42-44-46-48-50-53-56-59-62-65-71(74)77-68-69(67-76-70(73)64-61-58-55-52-21-18-15-12-9-6-3)78-72(75)66-63-60-57-54-51-49-47-45-43-41-38-33-31-29-27-25-23-20-17-14-11-8-5-2/h7,10,12,15-16,19,24,26,30,32,69H,4-6,8-9,11,13-14,17-18,20-23,25,27-29,31,33-68H2,1-3H3/b10-7-,15-12-,19-16-,26-24-,32-30-. The van der Waals surface area contributed by atoms with Crippen LogP contribution in [-0.2, 0) is 28.6 Å². The summed E-state index contributed by atoms with van der Waals surface area (Å²) < 4.78 is 16.9. The highest BCUT2D eigenvalue weighted by Crippen LogP contribution is 2.18. The first kappa shape index (κ1) is 75.1. The van der Waals surface area contributed by atoms with Gasteiger partial charge < -0.3 is 14.2 Å². The lowest BCUT2D eigenvalue weighted by Crippen LogP contribution is -2.30. The zero-order valence-corrected chi connectivity index (χ0v) is 52.2. The molecule has 1 unspecified atom stereocenters. The quantitative estimate of drug-likeness (QED) is 0.0261. The van der Waals surface area contributed by atoms with Gasteiger partial charge in [0, 0.05) is 19.3 Å². The van der Waals surface area contributed by atoms with E-state index in [9.17, 15) is 14.4 Å². The van der Waals surface area contributed by atoms with E-state index in [-0.39, 0.29) is 31.1 Å². The van der Waals surface area contributed by atoms with Gasteiger partial charge >= 0.3 is 17.9 Å². The average Bonchev–Trinajstić information content (AvgIpc) is 3.44. The van der Waals surface area contributed by atoms with E-state index >= 15 is 0 Å². The van der Waals surface area contributed by atoms with Gasteiger partial charge in [0.25, 0.3) is 0 Å². The summed E-state index contributed by atoms with van der Waals surface area (Å²) in [5.74, 6) is -0.862. The Hall–Kier alpha value is -2.89.